The van der Waals surface area contributed by atoms with Crippen molar-refractivity contribution in [2.75, 3.05) is 0 Å². The molecule has 0 aliphatic rings. The lowest BCUT2D eigenvalue weighted by Gasteiger charge is -2.05. The van der Waals surface area contributed by atoms with Crippen molar-refractivity contribution in [1.29, 1.82) is 0 Å². The molecule has 0 spiro atoms. The van der Waals surface area contributed by atoms with E-state index in [4.69, 9.17) is 0 Å². The highest BCUT2D eigenvalue weighted by Crippen LogP contribution is 2.25. The van der Waals surface area contributed by atoms with Gasteiger partial charge in [-0.3, -0.25) is 14.3 Å². The van der Waals surface area contributed by atoms with Gasteiger partial charge in [-0.2, -0.15) is 0 Å². The molecule has 3 aromatic heterocycles. The van der Waals surface area contributed by atoms with Crippen molar-refractivity contribution in [3.63, 3.8) is 0 Å². The molecule has 0 aromatic carbocycles. The monoisotopic (exact) mass is 285 g/mol. The summed E-state index contributed by atoms with van der Waals surface area (Å²) in [5, 5.41) is 0.760. The first-order chi connectivity index (χ1) is 9.66. The van der Waals surface area contributed by atoms with E-state index in [2.05, 4.69) is 9.97 Å². The first kappa shape index (κ1) is 13.0. The third-order valence-corrected chi connectivity index (χ3v) is 4.61. The third-order valence-electron chi connectivity index (χ3n) is 3.49. The van der Waals surface area contributed by atoms with Crippen LogP contribution in [0.15, 0.2) is 35.5 Å². The average molecular weight is 285 g/mol. The first-order valence-corrected chi connectivity index (χ1v) is 7.33. The van der Waals surface area contributed by atoms with Crippen molar-refractivity contribution in [2.24, 2.45) is 0 Å². The SMILES string of the molecule is Cc1sc2ncn(CCc3ccccn3)c(=O)c2c1C. The van der Waals surface area contributed by atoms with E-state index in [1.807, 2.05) is 32.0 Å². The summed E-state index contributed by atoms with van der Waals surface area (Å²) in [6.07, 6.45) is 4.14. The molecule has 4 nitrogen and oxygen atoms in total. The topological polar surface area (TPSA) is 47.8 Å². The van der Waals surface area contributed by atoms with Crippen LogP contribution >= 0.6 is 11.3 Å². The number of fused-ring (bicyclic) bond motifs is 1. The molecule has 0 aliphatic heterocycles. The Morgan fingerprint density at radius 1 is 1.25 bits per heavy atom. The maximum atomic E-state index is 12.5. The van der Waals surface area contributed by atoms with Crippen LogP contribution in [0.25, 0.3) is 10.2 Å². The number of aryl methyl sites for hydroxylation is 4. The van der Waals surface area contributed by atoms with E-state index in [1.165, 1.54) is 0 Å². The summed E-state index contributed by atoms with van der Waals surface area (Å²) in [7, 11) is 0. The zero-order valence-corrected chi connectivity index (χ0v) is 12.3. The Balaban J connectivity index is 1.95. The molecule has 20 heavy (non-hydrogen) atoms. The number of aromatic nitrogens is 3. The Hall–Kier alpha value is -2.01. The molecule has 3 rings (SSSR count). The molecule has 3 aromatic rings. The normalized spacial score (nSPS) is 11.1. The summed E-state index contributed by atoms with van der Waals surface area (Å²) in [5.74, 6) is 0. The summed E-state index contributed by atoms with van der Waals surface area (Å²) >= 11 is 1.58. The van der Waals surface area contributed by atoms with E-state index in [0.29, 0.717) is 6.54 Å². The van der Waals surface area contributed by atoms with Crippen LogP contribution in [0.1, 0.15) is 16.1 Å². The van der Waals surface area contributed by atoms with Crippen LogP contribution in [0.4, 0.5) is 0 Å². The van der Waals surface area contributed by atoms with E-state index in [1.54, 1.807) is 28.4 Å². The largest absolute Gasteiger partial charge is 0.298 e. The first-order valence-electron chi connectivity index (χ1n) is 6.52. The van der Waals surface area contributed by atoms with Crippen molar-refractivity contribution in [3.8, 4) is 0 Å². The molecular weight excluding hydrogens is 270 g/mol. The van der Waals surface area contributed by atoms with Gasteiger partial charge in [0.2, 0.25) is 0 Å². The van der Waals surface area contributed by atoms with Gasteiger partial charge in [0.25, 0.3) is 5.56 Å². The lowest BCUT2D eigenvalue weighted by molar-refractivity contribution is 0.654. The van der Waals surface area contributed by atoms with Crippen molar-refractivity contribution >= 4 is 21.6 Å². The van der Waals surface area contributed by atoms with Crippen molar-refractivity contribution in [1.82, 2.24) is 14.5 Å². The zero-order chi connectivity index (χ0) is 14.1. The minimum Gasteiger partial charge on any atom is -0.298 e. The van der Waals surface area contributed by atoms with E-state index in [9.17, 15) is 4.79 Å². The highest BCUT2D eigenvalue weighted by Gasteiger charge is 2.11. The molecule has 0 saturated heterocycles. The number of rotatable bonds is 3. The molecule has 102 valence electrons. The highest BCUT2D eigenvalue weighted by molar-refractivity contribution is 7.18. The van der Waals surface area contributed by atoms with Gasteiger partial charge in [-0.15, -0.1) is 11.3 Å². The van der Waals surface area contributed by atoms with Crippen molar-refractivity contribution in [2.45, 2.75) is 26.8 Å². The highest BCUT2D eigenvalue weighted by atomic mass is 32.1. The van der Waals surface area contributed by atoms with E-state index >= 15 is 0 Å². The molecule has 0 fully saturated rings. The molecule has 0 atom stereocenters. The summed E-state index contributed by atoms with van der Waals surface area (Å²) in [4.78, 5) is 23.2. The number of hydrogen-bond donors (Lipinski definition) is 0. The van der Waals surface area contributed by atoms with Crippen LogP contribution in [0.3, 0.4) is 0 Å². The van der Waals surface area contributed by atoms with Crippen LogP contribution in [0.5, 0.6) is 0 Å². The summed E-state index contributed by atoms with van der Waals surface area (Å²) in [5.41, 5.74) is 2.08. The minimum atomic E-state index is 0.0489. The predicted octanol–water partition coefficient (Wildman–Crippen LogP) is 2.71. The minimum absolute atomic E-state index is 0.0489. The second kappa shape index (κ2) is 5.17. The number of hydrogen-bond acceptors (Lipinski definition) is 4. The van der Waals surface area contributed by atoms with Gasteiger partial charge in [0, 0.05) is 29.7 Å². The quantitative estimate of drug-likeness (QED) is 0.743. The Labute approximate surface area is 120 Å². The lowest BCUT2D eigenvalue weighted by Crippen LogP contribution is -2.21. The van der Waals surface area contributed by atoms with Gasteiger partial charge in [0.15, 0.2) is 0 Å². The Morgan fingerprint density at radius 3 is 2.85 bits per heavy atom. The van der Waals surface area contributed by atoms with Gasteiger partial charge >= 0.3 is 0 Å². The molecule has 5 heteroatoms. The van der Waals surface area contributed by atoms with Crippen molar-refractivity contribution < 1.29 is 0 Å². The maximum absolute atomic E-state index is 12.5. The zero-order valence-electron chi connectivity index (χ0n) is 11.5. The Kier molecular flexibility index (Phi) is 3.36. The molecule has 0 aliphatic carbocycles. The van der Waals surface area contributed by atoms with Gasteiger partial charge in [-0.25, -0.2) is 4.98 Å². The summed E-state index contributed by atoms with van der Waals surface area (Å²) in [6.45, 7) is 4.62. The van der Waals surface area contributed by atoms with Gasteiger partial charge in [0.05, 0.1) is 11.7 Å². The van der Waals surface area contributed by atoms with Gasteiger partial charge in [-0.1, -0.05) is 6.07 Å². The van der Waals surface area contributed by atoms with Crippen LogP contribution in [0, 0.1) is 13.8 Å². The standard InChI is InChI=1S/C15H15N3OS/c1-10-11(2)20-14-13(10)15(19)18(9-17-14)8-6-12-5-3-4-7-16-12/h3-5,7,9H,6,8H2,1-2H3. The molecule has 0 saturated carbocycles. The lowest BCUT2D eigenvalue weighted by atomic mass is 10.2. The number of pyridine rings is 1. The van der Waals surface area contributed by atoms with Crippen LogP contribution in [-0.4, -0.2) is 14.5 Å². The number of nitrogens with zero attached hydrogens (tertiary/aromatic N) is 3. The fraction of sp³-hybridized carbons (Fsp3) is 0.267. The fourth-order valence-electron chi connectivity index (χ4n) is 2.21. The smallest absolute Gasteiger partial charge is 0.262 e. The Bertz CT molecular complexity index is 805. The van der Waals surface area contributed by atoms with Gasteiger partial charge < -0.3 is 0 Å². The fourth-order valence-corrected chi connectivity index (χ4v) is 3.20. The molecule has 0 bridgehead atoms. The van der Waals surface area contributed by atoms with E-state index < -0.39 is 0 Å². The summed E-state index contributed by atoms with van der Waals surface area (Å²) < 4.78 is 1.68. The predicted molar refractivity (Wildman–Crippen MR) is 81.3 cm³/mol. The molecule has 0 amide bonds. The Morgan fingerprint density at radius 2 is 2.10 bits per heavy atom. The molecule has 0 N–H and O–H groups in total. The maximum Gasteiger partial charge on any atom is 0.262 e. The van der Waals surface area contributed by atoms with E-state index in [-0.39, 0.29) is 5.56 Å². The van der Waals surface area contributed by atoms with Crippen LogP contribution in [-0.2, 0) is 13.0 Å². The second-order valence-electron chi connectivity index (χ2n) is 4.78. The van der Waals surface area contributed by atoms with Gasteiger partial charge in [0.1, 0.15) is 4.83 Å². The molecule has 0 radical (unpaired) electrons. The van der Waals surface area contributed by atoms with Crippen molar-refractivity contribution in [3.05, 3.63) is 57.2 Å². The number of thiophene rings is 1. The van der Waals surface area contributed by atoms with Crippen LogP contribution in [0.2, 0.25) is 0 Å². The second-order valence-corrected chi connectivity index (χ2v) is 5.98. The van der Waals surface area contributed by atoms with Gasteiger partial charge in [-0.05, 0) is 31.5 Å². The molecule has 3 heterocycles. The summed E-state index contributed by atoms with van der Waals surface area (Å²) in [6, 6.07) is 5.82. The molecular formula is C15H15N3OS. The average Bonchev–Trinajstić information content (AvgIpc) is 2.75. The van der Waals surface area contributed by atoms with Crippen LogP contribution < -0.4 is 5.56 Å². The molecule has 0 unspecified atom stereocenters. The van der Waals surface area contributed by atoms with E-state index in [0.717, 1.165) is 32.8 Å². The third kappa shape index (κ3) is 2.25.